The predicted octanol–water partition coefficient (Wildman–Crippen LogP) is 5.61. The smallest absolute Gasteiger partial charge is 0.170 e. The fourth-order valence-corrected chi connectivity index (χ4v) is 3.70. The molecule has 0 aliphatic heterocycles. The van der Waals surface area contributed by atoms with E-state index in [-0.39, 0.29) is 0 Å². The second-order valence-electron chi connectivity index (χ2n) is 5.13. The minimum Gasteiger partial charge on any atom is -0.494 e. The van der Waals surface area contributed by atoms with Crippen molar-refractivity contribution < 1.29 is 4.74 Å². The maximum atomic E-state index is 6.16. The van der Waals surface area contributed by atoms with Gasteiger partial charge in [-0.05, 0) is 49.0 Å². The van der Waals surface area contributed by atoms with Gasteiger partial charge in [0.2, 0.25) is 0 Å². The van der Waals surface area contributed by atoms with Crippen molar-refractivity contribution in [1.29, 1.82) is 0 Å². The van der Waals surface area contributed by atoms with Crippen LogP contribution in [0.2, 0.25) is 10.0 Å². The molecule has 2 aromatic rings. The number of hydrogen-bond donors (Lipinski definition) is 2. The number of anilines is 1. The van der Waals surface area contributed by atoms with E-state index < -0.39 is 0 Å². The quantitative estimate of drug-likeness (QED) is 0.433. The van der Waals surface area contributed by atoms with E-state index in [1.807, 2.05) is 43.3 Å². The summed E-state index contributed by atoms with van der Waals surface area (Å²) in [5.41, 5.74) is 1.99. The Hall–Kier alpha value is -1.14. The number of thiocarbonyl (C=S) groups is 1. The molecule has 0 aliphatic carbocycles. The summed E-state index contributed by atoms with van der Waals surface area (Å²) in [7, 11) is 0. The molecule has 0 heterocycles. The fourth-order valence-electron chi connectivity index (χ4n) is 2.06. The van der Waals surface area contributed by atoms with E-state index in [0.29, 0.717) is 21.8 Å². The van der Waals surface area contributed by atoms with Gasteiger partial charge in [-0.15, -0.1) is 0 Å². The van der Waals surface area contributed by atoms with Gasteiger partial charge in [0, 0.05) is 39.8 Å². The molecular formula is C18H20Cl2N2OS2. The molecule has 0 spiro atoms. The van der Waals surface area contributed by atoms with E-state index >= 15 is 0 Å². The van der Waals surface area contributed by atoms with Gasteiger partial charge in [-0.3, -0.25) is 0 Å². The van der Waals surface area contributed by atoms with Gasteiger partial charge in [0.05, 0.1) is 6.61 Å². The first-order chi connectivity index (χ1) is 12.1. The molecule has 2 rings (SSSR count). The maximum absolute atomic E-state index is 6.16. The lowest BCUT2D eigenvalue weighted by Gasteiger charge is -2.12. The fraction of sp³-hybridized carbons (Fsp3) is 0.278. The van der Waals surface area contributed by atoms with Crippen LogP contribution in [0.1, 0.15) is 12.5 Å². The molecule has 0 atom stereocenters. The molecule has 2 aromatic carbocycles. The van der Waals surface area contributed by atoms with Crippen LogP contribution in [0, 0.1) is 0 Å². The Kier molecular flexibility index (Phi) is 8.68. The first-order valence-electron chi connectivity index (χ1n) is 7.88. The largest absolute Gasteiger partial charge is 0.494 e. The second kappa shape index (κ2) is 10.8. The minimum absolute atomic E-state index is 0.596. The zero-order valence-corrected chi connectivity index (χ0v) is 17.0. The topological polar surface area (TPSA) is 33.3 Å². The van der Waals surface area contributed by atoms with Crippen LogP contribution in [-0.4, -0.2) is 24.0 Å². The Balaban J connectivity index is 1.67. The van der Waals surface area contributed by atoms with Crippen LogP contribution in [0.15, 0.2) is 42.5 Å². The number of ether oxygens (including phenoxy) is 1. The first-order valence-corrected chi connectivity index (χ1v) is 10.2. The van der Waals surface area contributed by atoms with Crippen LogP contribution < -0.4 is 15.4 Å². The second-order valence-corrected chi connectivity index (χ2v) is 7.49. The van der Waals surface area contributed by atoms with Gasteiger partial charge < -0.3 is 15.4 Å². The van der Waals surface area contributed by atoms with Gasteiger partial charge in [-0.1, -0.05) is 35.3 Å². The SMILES string of the molecule is CCOc1cccc(NC(=S)NCCSCc2ccc(Cl)cc2Cl)c1. The molecule has 0 fully saturated rings. The third-order valence-electron chi connectivity index (χ3n) is 3.21. The summed E-state index contributed by atoms with van der Waals surface area (Å²) in [4.78, 5) is 0. The van der Waals surface area contributed by atoms with Crippen molar-refractivity contribution in [3.8, 4) is 5.75 Å². The van der Waals surface area contributed by atoms with Crippen LogP contribution in [0.4, 0.5) is 5.69 Å². The number of hydrogen-bond acceptors (Lipinski definition) is 3. The maximum Gasteiger partial charge on any atom is 0.170 e. The van der Waals surface area contributed by atoms with Crippen LogP contribution in [-0.2, 0) is 5.75 Å². The molecule has 0 radical (unpaired) electrons. The van der Waals surface area contributed by atoms with Gasteiger partial charge >= 0.3 is 0 Å². The lowest BCUT2D eigenvalue weighted by Crippen LogP contribution is -2.30. The van der Waals surface area contributed by atoms with Crippen LogP contribution in [0.5, 0.6) is 5.75 Å². The van der Waals surface area contributed by atoms with E-state index in [0.717, 1.165) is 35.1 Å². The molecule has 0 saturated carbocycles. The molecule has 3 nitrogen and oxygen atoms in total. The Morgan fingerprint density at radius 2 is 2.04 bits per heavy atom. The van der Waals surface area contributed by atoms with Gasteiger partial charge in [0.25, 0.3) is 0 Å². The summed E-state index contributed by atoms with van der Waals surface area (Å²) < 4.78 is 5.47. The summed E-state index contributed by atoms with van der Waals surface area (Å²) in [6.45, 7) is 3.37. The number of rotatable bonds is 8. The third-order valence-corrected chi connectivity index (χ3v) is 5.05. The minimum atomic E-state index is 0.596. The standard InChI is InChI=1S/C18H20Cl2N2OS2/c1-2-23-16-5-3-4-15(11-16)22-18(24)21-8-9-25-12-13-6-7-14(19)10-17(13)20/h3-7,10-11H,2,8-9,12H2,1H3,(H2,21,22,24). The third kappa shape index (κ3) is 7.32. The Labute approximate surface area is 168 Å². The Bertz CT molecular complexity index is 713. The number of benzene rings is 2. The Morgan fingerprint density at radius 3 is 2.80 bits per heavy atom. The van der Waals surface area contributed by atoms with Crippen molar-refractivity contribution in [1.82, 2.24) is 5.32 Å². The zero-order chi connectivity index (χ0) is 18.1. The normalized spacial score (nSPS) is 10.4. The van der Waals surface area contributed by atoms with Gasteiger partial charge in [0.15, 0.2) is 5.11 Å². The highest BCUT2D eigenvalue weighted by Crippen LogP contribution is 2.24. The number of thioether (sulfide) groups is 1. The summed E-state index contributed by atoms with van der Waals surface area (Å²) in [5, 5.41) is 8.32. The van der Waals surface area contributed by atoms with Crippen molar-refractivity contribution in [2.45, 2.75) is 12.7 Å². The molecule has 0 bridgehead atoms. The van der Waals surface area contributed by atoms with Crippen LogP contribution in [0.3, 0.4) is 0 Å². The van der Waals surface area contributed by atoms with E-state index in [1.54, 1.807) is 17.8 Å². The van der Waals surface area contributed by atoms with Crippen molar-refractivity contribution in [3.63, 3.8) is 0 Å². The summed E-state index contributed by atoms with van der Waals surface area (Å²) in [6, 6.07) is 13.3. The van der Waals surface area contributed by atoms with E-state index in [1.165, 1.54) is 0 Å². The molecule has 134 valence electrons. The molecule has 0 saturated heterocycles. The summed E-state index contributed by atoms with van der Waals surface area (Å²) >= 11 is 19.2. The lowest BCUT2D eigenvalue weighted by atomic mass is 10.2. The molecule has 0 amide bonds. The average Bonchev–Trinajstić information content (AvgIpc) is 2.57. The lowest BCUT2D eigenvalue weighted by molar-refractivity contribution is 0.340. The molecular weight excluding hydrogens is 395 g/mol. The Morgan fingerprint density at radius 1 is 1.20 bits per heavy atom. The van der Waals surface area contributed by atoms with Crippen molar-refractivity contribution in [2.75, 3.05) is 24.2 Å². The number of halogens is 2. The molecule has 25 heavy (non-hydrogen) atoms. The van der Waals surface area contributed by atoms with E-state index in [2.05, 4.69) is 10.6 Å². The zero-order valence-electron chi connectivity index (χ0n) is 13.9. The summed E-state index contributed by atoms with van der Waals surface area (Å²) in [6.07, 6.45) is 0. The average molecular weight is 415 g/mol. The van der Waals surface area contributed by atoms with Gasteiger partial charge in [-0.25, -0.2) is 0 Å². The van der Waals surface area contributed by atoms with Crippen molar-refractivity contribution >= 4 is 58.0 Å². The highest BCUT2D eigenvalue weighted by atomic mass is 35.5. The monoisotopic (exact) mass is 414 g/mol. The molecule has 0 unspecified atom stereocenters. The van der Waals surface area contributed by atoms with E-state index in [9.17, 15) is 0 Å². The number of nitrogens with one attached hydrogen (secondary N) is 2. The summed E-state index contributed by atoms with van der Waals surface area (Å²) in [5.74, 6) is 2.58. The predicted molar refractivity (Wildman–Crippen MR) is 114 cm³/mol. The molecule has 2 N–H and O–H groups in total. The van der Waals surface area contributed by atoms with Crippen molar-refractivity contribution in [2.24, 2.45) is 0 Å². The van der Waals surface area contributed by atoms with Crippen LogP contribution in [0.25, 0.3) is 0 Å². The molecule has 0 aliphatic rings. The molecule has 7 heteroatoms. The first kappa shape index (κ1) is 20.2. The highest BCUT2D eigenvalue weighted by molar-refractivity contribution is 7.98. The van der Waals surface area contributed by atoms with Crippen LogP contribution >= 0.6 is 47.2 Å². The van der Waals surface area contributed by atoms with E-state index in [4.69, 9.17) is 40.2 Å². The van der Waals surface area contributed by atoms with Gasteiger partial charge in [0.1, 0.15) is 5.75 Å². The highest BCUT2D eigenvalue weighted by Gasteiger charge is 2.02. The van der Waals surface area contributed by atoms with Gasteiger partial charge in [-0.2, -0.15) is 11.8 Å². The molecule has 0 aromatic heterocycles. The van der Waals surface area contributed by atoms with Crippen molar-refractivity contribution in [3.05, 3.63) is 58.1 Å².